The molecule has 1 aromatic heterocycles. The Morgan fingerprint density at radius 2 is 1.78 bits per heavy atom. The lowest BCUT2D eigenvalue weighted by Crippen LogP contribution is -2.30. The van der Waals surface area contributed by atoms with Crippen molar-refractivity contribution in [2.24, 2.45) is 5.14 Å². The maximum atomic E-state index is 12.0. The molecular weight excluding hydrogens is 384 g/mol. The molecule has 0 saturated carbocycles. The third-order valence-electron chi connectivity index (χ3n) is 3.77. The summed E-state index contributed by atoms with van der Waals surface area (Å²) in [6.07, 6.45) is 2.32. The van der Waals surface area contributed by atoms with Crippen molar-refractivity contribution >= 4 is 33.1 Å². The van der Waals surface area contributed by atoms with Crippen LogP contribution in [0, 0.1) is 0 Å². The number of aromatic nitrogens is 1. The number of hydrogen-bond acceptors (Lipinski definition) is 5. The Kier molecular flexibility index (Phi) is 5.84. The van der Waals surface area contributed by atoms with Crippen LogP contribution in [0.3, 0.4) is 0 Å². The minimum absolute atomic E-state index is 0.0677. The number of nitrogens with two attached hydrogens (primary N) is 1. The third kappa shape index (κ3) is 5.36. The van der Waals surface area contributed by atoms with E-state index in [4.69, 9.17) is 5.14 Å². The van der Waals surface area contributed by atoms with Crippen LogP contribution in [0.15, 0.2) is 65.0 Å². The van der Waals surface area contributed by atoms with Gasteiger partial charge in [0.15, 0.2) is 0 Å². The van der Waals surface area contributed by atoms with Crippen LogP contribution in [0.5, 0.6) is 0 Å². The van der Waals surface area contributed by atoms with Crippen LogP contribution in [0.4, 0.5) is 10.5 Å². The minimum atomic E-state index is -3.69. The van der Waals surface area contributed by atoms with Crippen LogP contribution in [0.25, 0.3) is 10.6 Å². The number of hydrogen-bond donors (Lipinski definition) is 3. The van der Waals surface area contributed by atoms with Crippen LogP contribution in [-0.2, 0) is 16.4 Å². The first-order chi connectivity index (χ1) is 12.9. The van der Waals surface area contributed by atoms with E-state index in [1.807, 2.05) is 29.6 Å². The number of carbonyl (C=O) groups is 1. The molecule has 4 N–H and O–H groups in total. The van der Waals surface area contributed by atoms with Gasteiger partial charge >= 0.3 is 6.03 Å². The topological polar surface area (TPSA) is 114 Å². The molecule has 0 bridgehead atoms. The molecule has 0 saturated heterocycles. The van der Waals surface area contributed by atoms with E-state index in [2.05, 4.69) is 15.6 Å². The standard InChI is InChI=1S/C18H18N4O3S2/c19-27(24,25)16-7-1-13(2-8-16)9-10-21-18(23)22-15-5-3-14(4-6-15)17-20-11-12-26-17/h1-8,11-12H,9-10H2,(H2,19,24,25)(H2,21,22,23). The van der Waals surface area contributed by atoms with Crippen LogP contribution in [-0.4, -0.2) is 26.0 Å². The molecule has 9 heteroatoms. The van der Waals surface area contributed by atoms with Gasteiger partial charge in [-0.2, -0.15) is 0 Å². The van der Waals surface area contributed by atoms with Gasteiger partial charge in [-0.25, -0.2) is 23.3 Å². The highest BCUT2D eigenvalue weighted by atomic mass is 32.2. The molecule has 0 fully saturated rings. The van der Waals surface area contributed by atoms with Gasteiger partial charge in [0.2, 0.25) is 10.0 Å². The molecule has 0 unspecified atom stereocenters. The number of sulfonamides is 1. The number of nitrogens with one attached hydrogen (secondary N) is 2. The van der Waals surface area contributed by atoms with E-state index in [0.29, 0.717) is 18.7 Å². The van der Waals surface area contributed by atoms with Crippen LogP contribution >= 0.6 is 11.3 Å². The Morgan fingerprint density at radius 1 is 1.07 bits per heavy atom. The van der Waals surface area contributed by atoms with Crippen molar-refractivity contribution in [1.29, 1.82) is 0 Å². The fraction of sp³-hybridized carbons (Fsp3) is 0.111. The summed E-state index contributed by atoms with van der Waals surface area (Å²) in [5, 5.41) is 13.4. The maximum Gasteiger partial charge on any atom is 0.319 e. The Labute approximate surface area is 161 Å². The summed E-state index contributed by atoms with van der Waals surface area (Å²) in [5.41, 5.74) is 2.58. The highest BCUT2D eigenvalue weighted by Crippen LogP contribution is 2.23. The van der Waals surface area contributed by atoms with Gasteiger partial charge in [0.1, 0.15) is 5.01 Å². The normalized spacial score (nSPS) is 11.1. The van der Waals surface area contributed by atoms with Gasteiger partial charge in [-0.15, -0.1) is 11.3 Å². The Morgan fingerprint density at radius 3 is 2.37 bits per heavy atom. The molecule has 0 aliphatic heterocycles. The molecule has 1 heterocycles. The lowest BCUT2D eigenvalue weighted by molar-refractivity contribution is 0.252. The third-order valence-corrected chi connectivity index (χ3v) is 5.52. The molecule has 0 aliphatic rings. The highest BCUT2D eigenvalue weighted by molar-refractivity contribution is 7.89. The molecular formula is C18H18N4O3S2. The van der Waals surface area contributed by atoms with Crippen LogP contribution < -0.4 is 15.8 Å². The summed E-state index contributed by atoms with van der Waals surface area (Å²) in [5.74, 6) is 0. The summed E-state index contributed by atoms with van der Waals surface area (Å²) in [6.45, 7) is 0.414. The van der Waals surface area contributed by atoms with Crippen molar-refractivity contribution in [1.82, 2.24) is 10.3 Å². The van der Waals surface area contributed by atoms with Gasteiger partial charge in [0.25, 0.3) is 0 Å². The first kappa shape index (κ1) is 19.0. The maximum absolute atomic E-state index is 12.0. The zero-order chi connectivity index (χ0) is 19.3. The predicted molar refractivity (Wildman–Crippen MR) is 106 cm³/mol. The summed E-state index contributed by atoms with van der Waals surface area (Å²) < 4.78 is 22.4. The van der Waals surface area contributed by atoms with Gasteiger partial charge in [0.05, 0.1) is 4.90 Å². The van der Waals surface area contributed by atoms with Crippen molar-refractivity contribution in [3.63, 3.8) is 0 Å². The molecule has 27 heavy (non-hydrogen) atoms. The Bertz CT molecular complexity index is 1000. The quantitative estimate of drug-likeness (QED) is 0.588. The van der Waals surface area contributed by atoms with Gasteiger partial charge in [0, 0.05) is 29.4 Å². The molecule has 0 atom stereocenters. The summed E-state index contributed by atoms with van der Waals surface area (Å²) in [4.78, 5) is 16.3. The van der Waals surface area contributed by atoms with Gasteiger partial charge < -0.3 is 10.6 Å². The van der Waals surface area contributed by atoms with Crippen molar-refractivity contribution in [2.75, 3.05) is 11.9 Å². The smallest absolute Gasteiger partial charge is 0.319 e. The number of primary sulfonamides is 1. The number of carbonyl (C=O) groups excluding carboxylic acids is 1. The number of urea groups is 1. The Hall–Kier alpha value is -2.75. The lowest BCUT2D eigenvalue weighted by atomic mass is 10.1. The fourth-order valence-corrected chi connectivity index (χ4v) is 3.56. The number of amides is 2. The molecule has 0 radical (unpaired) electrons. The van der Waals surface area contributed by atoms with Crippen molar-refractivity contribution in [2.45, 2.75) is 11.3 Å². The van der Waals surface area contributed by atoms with E-state index in [1.54, 1.807) is 29.7 Å². The summed E-state index contributed by atoms with van der Waals surface area (Å²) in [6, 6.07) is 13.4. The van der Waals surface area contributed by atoms with Gasteiger partial charge in [-0.3, -0.25) is 0 Å². The van der Waals surface area contributed by atoms with E-state index >= 15 is 0 Å². The zero-order valence-corrected chi connectivity index (χ0v) is 15.9. The molecule has 2 amide bonds. The van der Waals surface area contributed by atoms with Crippen molar-refractivity contribution in [3.05, 3.63) is 65.7 Å². The van der Waals surface area contributed by atoms with Crippen molar-refractivity contribution in [3.8, 4) is 10.6 Å². The molecule has 3 rings (SSSR count). The average molecular weight is 403 g/mol. The summed E-state index contributed by atoms with van der Waals surface area (Å²) >= 11 is 1.56. The first-order valence-corrected chi connectivity index (χ1v) is 10.5. The number of rotatable bonds is 6. The molecule has 0 spiro atoms. The van der Waals surface area contributed by atoms with Gasteiger partial charge in [-0.1, -0.05) is 12.1 Å². The summed E-state index contributed by atoms with van der Waals surface area (Å²) in [7, 11) is -3.69. The van der Waals surface area contributed by atoms with E-state index in [9.17, 15) is 13.2 Å². The second kappa shape index (κ2) is 8.30. The monoisotopic (exact) mass is 402 g/mol. The lowest BCUT2D eigenvalue weighted by Gasteiger charge is -2.08. The second-order valence-corrected chi connectivity index (χ2v) is 8.19. The van der Waals surface area contributed by atoms with E-state index < -0.39 is 10.0 Å². The molecule has 3 aromatic rings. The molecule has 2 aromatic carbocycles. The molecule has 7 nitrogen and oxygen atoms in total. The fourth-order valence-electron chi connectivity index (χ4n) is 2.40. The molecule has 140 valence electrons. The molecule has 0 aliphatic carbocycles. The largest absolute Gasteiger partial charge is 0.338 e. The number of nitrogens with zero attached hydrogens (tertiary/aromatic N) is 1. The van der Waals surface area contributed by atoms with E-state index in [-0.39, 0.29) is 10.9 Å². The van der Waals surface area contributed by atoms with E-state index in [0.717, 1.165) is 16.1 Å². The first-order valence-electron chi connectivity index (χ1n) is 8.08. The van der Waals surface area contributed by atoms with Gasteiger partial charge in [-0.05, 0) is 48.4 Å². The second-order valence-electron chi connectivity index (χ2n) is 5.73. The Balaban J connectivity index is 1.47. The highest BCUT2D eigenvalue weighted by Gasteiger charge is 2.07. The number of thiazole rings is 1. The number of benzene rings is 2. The number of anilines is 1. The predicted octanol–water partition coefficient (Wildman–Crippen LogP) is 2.82. The average Bonchev–Trinajstić information content (AvgIpc) is 3.17. The van der Waals surface area contributed by atoms with E-state index in [1.165, 1.54) is 12.1 Å². The van der Waals surface area contributed by atoms with Crippen LogP contribution in [0.1, 0.15) is 5.56 Å². The minimum Gasteiger partial charge on any atom is -0.338 e. The SMILES string of the molecule is NS(=O)(=O)c1ccc(CCNC(=O)Nc2ccc(-c3nccs3)cc2)cc1. The van der Waals surface area contributed by atoms with Crippen molar-refractivity contribution < 1.29 is 13.2 Å². The zero-order valence-electron chi connectivity index (χ0n) is 14.3. The van der Waals surface area contributed by atoms with Crippen LogP contribution in [0.2, 0.25) is 0 Å².